The molecule has 0 saturated heterocycles. The van der Waals surface area contributed by atoms with Gasteiger partial charge < -0.3 is 29.7 Å². The Morgan fingerprint density at radius 2 is 1.77 bits per heavy atom. The molecule has 0 fully saturated rings. The van der Waals surface area contributed by atoms with Crippen LogP contribution < -0.4 is 19.2 Å². The highest BCUT2D eigenvalue weighted by Crippen LogP contribution is 2.29. The number of amidine groups is 1. The van der Waals surface area contributed by atoms with E-state index in [1.807, 2.05) is 20.0 Å². The molecule has 0 bridgehead atoms. The molecule has 0 aromatic heterocycles. The van der Waals surface area contributed by atoms with E-state index in [0.717, 1.165) is 18.8 Å². The van der Waals surface area contributed by atoms with Gasteiger partial charge in [-0.2, -0.15) is 5.10 Å². The van der Waals surface area contributed by atoms with E-state index in [1.165, 1.54) is 0 Å². The van der Waals surface area contributed by atoms with Crippen LogP contribution in [0.15, 0.2) is 23.3 Å². The highest BCUT2D eigenvalue weighted by atomic mass is 127. The second kappa shape index (κ2) is 19.8. The molecule has 1 unspecified atom stereocenters. The quantitative estimate of drug-likeness (QED) is 0.115. The number of hydrogen-bond donors (Lipinski definition) is 3. The summed E-state index contributed by atoms with van der Waals surface area (Å²) in [5.41, 5.74) is 0.809. The Morgan fingerprint density at radius 1 is 1.05 bits per heavy atom. The smallest absolute Gasteiger partial charge is 0.245 e. The van der Waals surface area contributed by atoms with Crippen molar-refractivity contribution in [1.82, 2.24) is 19.1 Å². The van der Waals surface area contributed by atoms with Gasteiger partial charge in [0, 0.05) is 61.4 Å². The van der Waals surface area contributed by atoms with Crippen LogP contribution in [-0.2, 0) is 23.8 Å². The van der Waals surface area contributed by atoms with Crippen LogP contribution in [0.1, 0.15) is 19.8 Å². The minimum Gasteiger partial charge on any atom is -0.378 e. The van der Waals surface area contributed by atoms with Crippen molar-refractivity contribution >= 4 is 69.4 Å². The third kappa shape index (κ3) is 14.3. The molecule has 2 rings (SSSR count). The Hall–Kier alpha value is -1.26. The number of rotatable bonds is 19. The molecular weight excluding hydrogens is 662 g/mol. The molecule has 220 valence electrons. The van der Waals surface area contributed by atoms with E-state index in [1.54, 1.807) is 17.1 Å². The van der Waals surface area contributed by atoms with Gasteiger partial charge in [-0.1, -0.05) is 30.1 Å². The number of anilines is 1. The van der Waals surface area contributed by atoms with Crippen LogP contribution in [0.25, 0.3) is 0 Å². The van der Waals surface area contributed by atoms with Gasteiger partial charge in [-0.3, -0.25) is 18.1 Å². The van der Waals surface area contributed by atoms with Crippen LogP contribution in [0.4, 0.5) is 5.69 Å². The van der Waals surface area contributed by atoms with Gasteiger partial charge in [-0.25, -0.2) is 0 Å². The first-order valence-corrected chi connectivity index (χ1v) is 14.8. The normalized spacial score (nSPS) is 15.1. The van der Waals surface area contributed by atoms with Crippen LogP contribution in [-0.4, -0.2) is 102 Å². The summed E-state index contributed by atoms with van der Waals surface area (Å²) in [7, 11) is 1.98. The molecule has 0 aliphatic carbocycles. The van der Waals surface area contributed by atoms with Crippen molar-refractivity contribution in [3.8, 4) is 0 Å². The van der Waals surface area contributed by atoms with E-state index >= 15 is 0 Å². The van der Waals surface area contributed by atoms with E-state index in [-0.39, 0.29) is 30.8 Å². The summed E-state index contributed by atoms with van der Waals surface area (Å²) in [6.07, 6.45) is 0.785. The molecule has 1 aliphatic heterocycles. The third-order valence-corrected chi connectivity index (χ3v) is 6.97. The van der Waals surface area contributed by atoms with Gasteiger partial charge in [-0.05, 0) is 31.7 Å². The number of nitrogens with one attached hydrogen (secondary N) is 3. The fraction of sp³-hybridized carbons (Fsp3) is 0.640. The van der Waals surface area contributed by atoms with Crippen LogP contribution in [0.2, 0.25) is 10.0 Å². The van der Waals surface area contributed by atoms with Crippen LogP contribution >= 0.6 is 46.1 Å². The van der Waals surface area contributed by atoms with Crippen molar-refractivity contribution in [2.24, 2.45) is 11.0 Å². The largest absolute Gasteiger partial charge is 0.378 e. The van der Waals surface area contributed by atoms with Crippen LogP contribution in [0.5, 0.6) is 0 Å². The molecule has 3 N–H and O–H groups in total. The van der Waals surface area contributed by atoms with E-state index in [4.69, 9.17) is 37.4 Å². The Bertz CT molecular complexity index is 929. The molecule has 1 aromatic carbocycles. The van der Waals surface area contributed by atoms with Gasteiger partial charge >= 0.3 is 0 Å². The van der Waals surface area contributed by atoms with Crippen molar-refractivity contribution in [2.45, 2.75) is 19.8 Å². The molecule has 39 heavy (non-hydrogen) atoms. The lowest BCUT2D eigenvalue weighted by atomic mass is 10.1. The summed E-state index contributed by atoms with van der Waals surface area (Å²) in [5.74, 6) is 0.314. The Morgan fingerprint density at radius 3 is 2.49 bits per heavy atom. The Kier molecular flexibility index (Phi) is 17.2. The number of nitrogens with zero attached hydrogens (tertiary/aromatic N) is 3. The zero-order valence-corrected chi connectivity index (χ0v) is 26.2. The third-order valence-electron chi connectivity index (χ3n) is 5.69. The van der Waals surface area contributed by atoms with Crippen LogP contribution in [0, 0.1) is 5.92 Å². The number of carbonyl (C=O) groups is 2. The molecule has 0 spiro atoms. The average molecular weight is 701 g/mol. The molecule has 2 amide bonds. The number of amides is 2. The number of halogens is 3. The second-order valence-electron chi connectivity index (χ2n) is 9.03. The number of carbonyl (C=O) groups excluding carboxylic acids is 2. The van der Waals surface area contributed by atoms with Crippen molar-refractivity contribution < 1.29 is 23.8 Å². The summed E-state index contributed by atoms with van der Waals surface area (Å²) in [5, 5.41) is 12.9. The fourth-order valence-electron chi connectivity index (χ4n) is 3.46. The molecule has 1 aromatic rings. The van der Waals surface area contributed by atoms with Gasteiger partial charge in [0.1, 0.15) is 12.4 Å². The van der Waals surface area contributed by atoms with E-state index in [0.29, 0.717) is 75.0 Å². The van der Waals surface area contributed by atoms with Crippen LogP contribution in [0.3, 0.4) is 0 Å². The zero-order chi connectivity index (χ0) is 28.5. The molecular formula is C25H39Cl2IN6O5. The predicted molar refractivity (Wildman–Crippen MR) is 163 cm³/mol. The Labute approximate surface area is 254 Å². The minimum absolute atomic E-state index is 0.0151. The molecule has 1 aliphatic rings. The SMILES string of the molecule is CC1CN(c2ccc(Cl)c(Cl)c2)N=C1NC(=O)CCCNC(=O)COCCN(C)CCOCCOCCNI. The summed E-state index contributed by atoms with van der Waals surface area (Å²) in [4.78, 5) is 26.4. The van der Waals surface area contributed by atoms with Crippen molar-refractivity contribution in [1.29, 1.82) is 0 Å². The van der Waals surface area contributed by atoms with Crippen molar-refractivity contribution in [3.05, 3.63) is 28.2 Å². The standard InChI is InChI=1S/C25H39Cl2IN6O5/c1-19-17-34(20-5-6-21(26)22(27)16-20)32-25(19)31-23(35)4-3-7-29-24(36)18-39-13-10-33(2)9-12-38-15-14-37-11-8-30-28/h5-6,16,19,30H,3-4,7-15,17-18H2,1-2H3,(H,29,36)(H,31,32,35). The maximum Gasteiger partial charge on any atom is 0.245 e. The molecule has 1 heterocycles. The summed E-state index contributed by atoms with van der Waals surface area (Å²) in [6.45, 7) is 8.15. The van der Waals surface area contributed by atoms with Gasteiger partial charge in [0.15, 0.2) is 0 Å². The van der Waals surface area contributed by atoms with E-state index < -0.39 is 0 Å². The number of hydrogen-bond acceptors (Lipinski definition) is 9. The topological polar surface area (TPSA) is 117 Å². The molecule has 14 heteroatoms. The summed E-state index contributed by atoms with van der Waals surface area (Å²) < 4.78 is 19.4. The van der Waals surface area contributed by atoms with Crippen molar-refractivity contribution in [3.63, 3.8) is 0 Å². The van der Waals surface area contributed by atoms with E-state index in [2.05, 4.69) is 47.0 Å². The maximum atomic E-state index is 12.4. The molecule has 1 atom stereocenters. The first-order valence-electron chi connectivity index (χ1n) is 12.9. The number of ether oxygens (including phenoxy) is 3. The highest BCUT2D eigenvalue weighted by Gasteiger charge is 2.25. The minimum atomic E-state index is -0.204. The lowest BCUT2D eigenvalue weighted by Crippen LogP contribution is -2.34. The lowest BCUT2D eigenvalue weighted by Gasteiger charge is -2.16. The van der Waals surface area contributed by atoms with Gasteiger partial charge in [-0.15, -0.1) is 0 Å². The predicted octanol–water partition coefficient (Wildman–Crippen LogP) is 2.70. The monoisotopic (exact) mass is 700 g/mol. The fourth-order valence-corrected chi connectivity index (χ4v) is 3.97. The highest BCUT2D eigenvalue weighted by molar-refractivity contribution is 14.1. The van der Waals surface area contributed by atoms with E-state index in [9.17, 15) is 9.59 Å². The van der Waals surface area contributed by atoms with Gasteiger partial charge in [0.2, 0.25) is 11.8 Å². The molecule has 0 radical (unpaired) electrons. The molecule has 0 saturated carbocycles. The molecule has 11 nitrogen and oxygen atoms in total. The first-order chi connectivity index (χ1) is 18.8. The van der Waals surface area contributed by atoms with Crippen molar-refractivity contribution in [2.75, 3.05) is 84.4 Å². The number of likely N-dealkylation sites (N-methyl/N-ethyl adjacent to an activating group) is 1. The Balaban J connectivity index is 1.49. The van der Waals surface area contributed by atoms with Gasteiger partial charge in [0.25, 0.3) is 0 Å². The summed E-state index contributed by atoms with van der Waals surface area (Å²) in [6, 6.07) is 5.30. The summed E-state index contributed by atoms with van der Waals surface area (Å²) >= 11 is 14.2. The average Bonchev–Trinajstić information content (AvgIpc) is 3.27. The second-order valence-corrected chi connectivity index (χ2v) is 10.6. The zero-order valence-electron chi connectivity index (χ0n) is 22.5. The van der Waals surface area contributed by atoms with Gasteiger partial charge in [0.05, 0.1) is 55.3 Å². The number of benzene rings is 1. The first kappa shape index (κ1) is 33.9. The lowest BCUT2D eigenvalue weighted by molar-refractivity contribution is -0.126. The maximum absolute atomic E-state index is 12.4. The number of hydrazone groups is 1.